The number of carbonyl (C=O) groups is 1. The number of methoxy groups -OCH3 is 1. The van der Waals surface area contributed by atoms with Crippen LogP contribution in [-0.2, 0) is 0 Å². The van der Waals surface area contributed by atoms with Crippen LogP contribution in [0.5, 0.6) is 11.5 Å². The summed E-state index contributed by atoms with van der Waals surface area (Å²) in [6.45, 7) is 7.91. The number of amides is 1. The van der Waals surface area contributed by atoms with E-state index in [9.17, 15) is 4.79 Å². The Morgan fingerprint density at radius 3 is 2.68 bits per heavy atom. The van der Waals surface area contributed by atoms with Gasteiger partial charge in [0.15, 0.2) is 11.5 Å². The molecule has 1 spiro atoms. The number of hydrogen-bond acceptors (Lipinski definition) is 4. The van der Waals surface area contributed by atoms with Crippen LogP contribution in [-0.4, -0.2) is 50.7 Å². The fraction of sp³-hybridized carbons (Fsp3) is 0.526. The standard InChI is InChI=1S/C19H26N2O3.ClH/c1-3-12-24-16-5-4-15(13-17(16)23-2)18(22)21-10-7-19(8-11-21)6-9-20-14-19;/h3-5,13,20H,1,6-12,14H2,2H3;1H. The van der Waals surface area contributed by atoms with Gasteiger partial charge < -0.3 is 19.7 Å². The van der Waals surface area contributed by atoms with Crippen LogP contribution in [0.15, 0.2) is 30.9 Å². The molecule has 5 nitrogen and oxygen atoms in total. The van der Waals surface area contributed by atoms with Gasteiger partial charge in [0.1, 0.15) is 6.61 Å². The molecule has 0 radical (unpaired) electrons. The topological polar surface area (TPSA) is 50.8 Å². The summed E-state index contributed by atoms with van der Waals surface area (Å²) in [6, 6.07) is 5.37. The zero-order valence-corrected chi connectivity index (χ0v) is 15.6. The Morgan fingerprint density at radius 2 is 2.08 bits per heavy atom. The van der Waals surface area contributed by atoms with Gasteiger partial charge in [-0.3, -0.25) is 4.79 Å². The first-order valence-electron chi connectivity index (χ1n) is 8.59. The summed E-state index contributed by atoms with van der Waals surface area (Å²) in [4.78, 5) is 14.8. The molecule has 1 aromatic rings. The Kier molecular flexibility index (Phi) is 6.73. The molecule has 1 N–H and O–H groups in total. The normalized spacial score (nSPS) is 18.5. The van der Waals surface area contributed by atoms with Gasteiger partial charge in [-0.05, 0) is 49.4 Å². The first kappa shape index (κ1) is 19.6. The van der Waals surface area contributed by atoms with Crippen molar-refractivity contribution < 1.29 is 14.3 Å². The Hall–Kier alpha value is -1.72. The number of hydrogen-bond donors (Lipinski definition) is 1. The quantitative estimate of drug-likeness (QED) is 0.814. The Bertz CT molecular complexity index is 605. The van der Waals surface area contributed by atoms with Gasteiger partial charge in [-0.15, -0.1) is 12.4 Å². The van der Waals surface area contributed by atoms with Gasteiger partial charge >= 0.3 is 0 Å². The molecule has 2 aliphatic rings. The van der Waals surface area contributed by atoms with Gasteiger partial charge in [0.05, 0.1) is 7.11 Å². The monoisotopic (exact) mass is 366 g/mol. The van der Waals surface area contributed by atoms with Crippen molar-refractivity contribution in [2.24, 2.45) is 5.41 Å². The molecule has 138 valence electrons. The third kappa shape index (κ3) is 4.28. The molecule has 2 aliphatic heterocycles. The summed E-state index contributed by atoms with van der Waals surface area (Å²) >= 11 is 0. The highest BCUT2D eigenvalue weighted by Crippen LogP contribution is 2.37. The molecule has 0 atom stereocenters. The number of ether oxygens (including phenoxy) is 2. The molecule has 25 heavy (non-hydrogen) atoms. The lowest BCUT2D eigenvalue weighted by molar-refractivity contribution is 0.0607. The van der Waals surface area contributed by atoms with Gasteiger partial charge in [-0.2, -0.15) is 0 Å². The summed E-state index contributed by atoms with van der Waals surface area (Å²) in [7, 11) is 1.59. The molecule has 0 aromatic heterocycles. The molecule has 0 unspecified atom stereocenters. The molecule has 0 aliphatic carbocycles. The minimum atomic E-state index is 0. The summed E-state index contributed by atoms with van der Waals surface area (Å²) in [6.07, 6.45) is 5.09. The van der Waals surface area contributed by atoms with E-state index in [1.54, 1.807) is 25.3 Å². The third-order valence-corrected chi connectivity index (χ3v) is 5.21. The molecule has 1 aromatic carbocycles. The lowest BCUT2D eigenvalue weighted by Gasteiger charge is -2.39. The van der Waals surface area contributed by atoms with Crippen molar-refractivity contribution in [2.45, 2.75) is 19.3 Å². The zero-order valence-electron chi connectivity index (χ0n) is 14.8. The highest BCUT2D eigenvalue weighted by molar-refractivity contribution is 5.95. The van der Waals surface area contributed by atoms with Crippen LogP contribution in [0.4, 0.5) is 0 Å². The second-order valence-corrected chi connectivity index (χ2v) is 6.68. The minimum absolute atomic E-state index is 0. The van der Waals surface area contributed by atoms with Crippen LogP contribution in [0.1, 0.15) is 29.6 Å². The number of rotatable bonds is 5. The number of piperidine rings is 1. The molecular weight excluding hydrogens is 340 g/mol. The fourth-order valence-electron chi connectivity index (χ4n) is 3.66. The predicted octanol–water partition coefficient (Wildman–Crippen LogP) is 2.90. The molecular formula is C19H27ClN2O3. The largest absolute Gasteiger partial charge is 0.493 e. The first-order chi connectivity index (χ1) is 11.7. The summed E-state index contributed by atoms with van der Waals surface area (Å²) in [5, 5.41) is 3.46. The van der Waals surface area contributed by atoms with E-state index in [1.165, 1.54) is 6.42 Å². The van der Waals surface area contributed by atoms with Crippen molar-refractivity contribution in [3.05, 3.63) is 36.4 Å². The van der Waals surface area contributed by atoms with E-state index in [0.717, 1.165) is 39.0 Å². The van der Waals surface area contributed by atoms with E-state index < -0.39 is 0 Å². The second-order valence-electron chi connectivity index (χ2n) is 6.68. The van der Waals surface area contributed by atoms with Crippen LogP contribution >= 0.6 is 12.4 Å². The van der Waals surface area contributed by atoms with E-state index >= 15 is 0 Å². The smallest absolute Gasteiger partial charge is 0.253 e. The maximum absolute atomic E-state index is 12.8. The maximum Gasteiger partial charge on any atom is 0.253 e. The second kappa shape index (κ2) is 8.59. The Morgan fingerprint density at radius 1 is 1.32 bits per heavy atom. The number of nitrogens with zero attached hydrogens (tertiary/aromatic N) is 1. The van der Waals surface area contributed by atoms with Crippen molar-refractivity contribution in [3.8, 4) is 11.5 Å². The van der Waals surface area contributed by atoms with Gasteiger partial charge in [0, 0.05) is 25.2 Å². The van der Waals surface area contributed by atoms with E-state index in [1.807, 2.05) is 11.0 Å². The number of benzene rings is 1. The lowest BCUT2D eigenvalue weighted by Crippen LogP contribution is -2.44. The van der Waals surface area contributed by atoms with Gasteiger partial charge in [-0.1, -0.05) is 12.7 Å². The van der Waals surface area contributed by atoms with Crippen LogP contribution in [0.3, 0.4) is 0 Å². The molecule has 2 saturated heterocycles. The van der Waals surface area contributed by atoms with Crippen molar-refractivity contribution in [2.75, 3.05) is 39.9 Å². The van der Waals surface area contributed by atoms with E-state index in [2.05, 4.69) is 11.9 Å². The molecule has 2 heterocycles. The minimum Gasteiger partial charge on any atom is -0.493 e. The van der Waals surface area contributed by atoms with Crippen molar-refractivity contribution >= 4 is 18.3 Å². The highest BCUT2D eigenvalue weighted by atomic mass is 35.5. The number of likely N-dealkylation sites (tertiary alicyclic amines) is 1. The maximum atomic E-state index is 12.8. The SMILES string of the molecule is C=CCOc1ccc(C(=O)N2CCC3(CCNC3)CC2)cc1OC.Cl. The van der Waals surface area contributed by atoms with Crippen LogP contribution in [0.25, 0.3) is 0 Å². The molecule has 6 heteroatoms. The van der Waals surface area contributed by atoms with E-state index in [0.29, 0.717) is 29.1 Å². The molecule has 0 saturated carbocycles. The third-order valence-electron chi connectivity index (χ3n) is 5.21. The number of halogens is 1. The van der Waals surface area contributed by atoms with Gasteiger partial charge in [-0.25, -0.2) is 0 Å². The van der Waals surface area contributed by atoms with Crippen molar-refractivity contribution in [3.63, 3.8) is 0 Å². The number of nitrogens with one attached hydrogen (secondary N) is 1. The Balaban J connectivity index is 0.00000225. The highest BCUT2D eigenvalue weighted by Gasteiger charge is 2.38. The predicted molar refractivity (Wildman–Crippen MR) is 101 cm³/mol. The average Bonchev–Trinajstić information content (AvgIpc) is 3.08. The van der Waals surface area contributed by atoms with Crippen molar-refractivity contribution in [1.82, 2.24) is 10.2 Å². The summed E-state index contributed by atoms with van der Waals surface area (Å²) < 4.78 is 10.9. The van der Waals surface area contributed by atoms with Crippen molar-refractivity contribution in [1.29, 1.82) is 0 Å². The van der Waals surface area contributed by atoms with Crippen LogP contribution in [0.2, 0.25) is 0 Å². The van der Waals surface area contributed by atoms with Crippen LogP contribution in [0, 0.1) is 5.41 Å². The lowest BCUT2D eigenvalue weighted by atomic mass is 9.78. The van der Waals surface area contributed by atoms with Gasteiger partial charge in [0.25, 0.3) is 5.91 Å². The molecule has 2 fully saturated rings. The number of carbonyl (C=O) groups excluding carboxylic acids is 1. The first-order valence-corrected chi connectivity index (χ1v) is 8.59. The van der Waals surface area contributed by atoms with Gasteiger partial charge in [0.2, 0.25) is 0 Å². The van der Waals surface area contributed by atoms with E-state index in [-0.39, 0.29) is 18.3 Å². The summed E-state index contributed by atoms with van der Waals surface area (Å²) in [5.41, 5.74) is 1.06. The molecule has 0 bridgehead atoms. The fourth-order valence-corrected chi connectivity index (χ4v) is 3.66. The average molecular weight is 367 g/mol. The Labute approximate surface area is 155 Å². The zero-order chi connectivity index (χ0) is 17.0. The summed E-state index contributed by atoms with van der Waals surface area (Å²) in [5.74, 6) is 1.28. The molecule has 1 amide bonds. The van der Waals surface area contributed by atoms with Crippen LogP contribution < -0.4 is 14.8 Å². The molecule has 3 rings (SSSR count). The van der Waals surface area contributed by atoms with E-state index in [4.69, 9.17) is 9.47 Å².